The number of hydrogen-bond donors (Lipinski definition) is 2. The van der Waals surface area contributed by atoms with Gasteiger partial charge in [-0.05, 0) is 0 Å². The van der Waals surface area contributed by atoms with Crippen molar-refractivity contribution < 1.29 is 19.8 Å². The first-order valence-electron chi connectivity index (χ1n) is 5.36. The summed E-state index contributed by atoms with van der Waals surface area (Å²) in [4.78, 5) is 22.0. The highest BCUT2D eigenvalue weighted by atomic mass is 28.3. The van der Waals surface area contributed by atoms with Crippen LogP contribution < -0.4 is 5.19 Å². The molecule has 92 valence electrons. The van der Waals surface area contributed by atoms with Gasteiger partial charge in [-0.2, -0.15) is 0 Å². The molecular weight excluding hydrogens is 236 g/mol. The molecule has 0 amide bonds. The van der Waals surface area contributed by atoms with Crippen LogP contribution in [-0.4, -0.2) is 30.2 Å². The van der Waals surface area contributed by atoms with E-state index in [9.17, 15) is 14.7 Å². The Morgan fingerprint density at radius 2 is 1.71 bits per heavy atom. The molecule has 0 aliphatic rings. The Kier molecular flexibility index (Phi) is 4.06. The second kappa shape index (κ2) is 5.14. The molecule has 5 heteroatoms. The topological polar surface area (TPSA) is 74.6 Å². The van der Waals surface area contributed by atoms with Crippen molar-refractivity contribution in [1.82, 2.24) is 0 Å². The predicted molar refractivity (Wildman–Crippen MR) is 67.2 cm³/mol. The average Bonchev–Trinajstić information content (AvgIpc) is 2.26. The molecule has 0 saturated carbocycles. The number of aliphatic carboxylic acids is 2. The van der Waals surface area contributed by atoms with E-state index in [4.69, 9.17) is 5.11 Å². The summed E-state index contributed by atoms with van der Waals surface area (Å²) in [5, 5.41) is 19.0. The molecule has 1 atom stereocenters. The zero-order valence-corrected chi connectivity index (χ0v) is 10.9. The van der Waals surface area contributed by atoms with Gasteiger partial charge in [-0.15, -0.1) is 0 Å². The molecule has 0 spiro atoms. The van der Waals surface area contributed by atoms with Crippen molar-refractivity contribution in [2.75, 3.05) is 0 Å². The maximum Gasteiger partial charge on any atom is 0.304 e. The highest BCUT2D eigenvalue weighted by Crippen LogP contribution is 2.25. The molecule has 0 fully saturated rings. The summed E-state index contributed by atoms with van der Waals surface area (Å²) in [6.45, 7) is 3.79. The van der Waals surface area contributed by atoms with Crippen LogP contribution in [0.5, 0.6) is 0 Å². The molecule has 2 N–H and O–H groups in total. The second-order valence-corrected chi connectivity index (χ2v) is 9.29. The van der Waals surface area contributed by atoms with Crippen LogP contribution in [0.15, 0.2) is 30.3 Å². The molecule has 0 heterocycles. The Bertz CT molecular complexity index is 414. The maximum absolute atomic E-state index is 11.2. The number of carboxylic acids is 2. The monoisotopic (exact) mass is 252 g/mol. The lowest BCUT2D eigenvalue weighted by atomic mass is 10.3. The van der Waals surface area contributed by atoms with E-state index < -0.39 is 25.6 Å². The lowest BCUT2D eigenvalue weighted by Gasteiger charge is -2.28. The number of benzene rings is 1. The molecule has 0 aliphatic heterocycles. The summed E-state index contributed by atoms with van der Waals surface area (Å²) in [7, 11) is -2.32. The first kappa shape index (κ1) is 13.4. The van der Waals surface area contributed by atoms with Crippen LogP contribution in [0.3, 0.4) is 0 Å². The number of rotatable bonds is 5. The highest BCUT2D eigenvalue weighted by Gasteiger charge is 2.40. The molecule has 0 radical (unpaired) electrons. The van der Waals surface area contributed by atoms with Gasteiger partial charge in [0, 0.05) is 0 Å². The summed E-state index contributed by atoms with van der Waals surface area (Å²) in [6.07, 6.45) is -0.316. The molecule has 1 unspecified atom stereocenters. The van der Waals surface area contributed by atoms with Crippen LogP contribution in [0.25, 0.3) is 0 Å². The van der Waals surface area contributed by atoms with E-state index >= 15 is 0 Å². The Labute approximate surface area is 101 Å². The maximum atomic E-state index is 11.2. The van der Waals surface area contributed by atoms with Gasteiger partial charge in [-0.25, -0.2) is 0 Å². The van der Waals surface area contributed by atoms with E-state index in [0.717, 1.165) is 5.19 Å². The van der Waals surface area contributed by atoms with Crippen molar-refractivity contribution in [1.29, 1.82) is 0 Å². The first-order valence-corrected chi connectivity index (χ1v) is 8.43. The molecule has 1 rings (SSSR count). The normalized spacial score (nSPS) is 13.1. The quantitative estimate of drug-likeness (QED) is 0.779. The van der Waals surface area contributed by atoms with Gasteiger partial charge in [0.05, 0.1) is 20.0 Å². The molecule has 1 aromatic carbocycles. The minimum atomic E-state index is -2.32. The van der Waals surface area contributed by atoms with Crippen molar-refractivity contribution in [3.05, 3.63) is 30.3 Å². The van der Waals surface area contributed by atoms with Crippen LogP contribution in [0.1, 0.15) is 6.42 Å². The van der Waals surface area contributed by atoms with Gasteiger partial charge in [0.15, 0.2) is 0 Å². The molecule has 1 aromatic rings. The molecule has 0 aliphatic carbocycles. The van der Waals surface area contributed by atoms with E-state index in [1.165, 1.54) is 0 Å². The summed E-state index contributed by atoms with van der Waals surface area (Å²) < 4.78 is 0. The number of carbonyl (C=O) groups is 2. The van der Waals surface area contributed by atoms with Crippen LogP contribution in [-0.2, 0) is 9.59 Å². The Hall–Kier alpha value is -1.62. The lowest BCUT2D eigenvalue weighted by molar-refractivity contribution is -0.143. The number of carboxylic acid groups (broad SMARTS) is 2. The highest BCUT2D eigenvalue weighted by molar-refractivity contribution is 6.93. The standard InChI is InChI=1S/C12H16O4Si/c1-17(2,9-6-4-3-5-7-9)10(12(15)16)8-11(13)14/h3-7,10H,8H2,1-2H3,(H,13,14)(H,15,16). The average molecular weight is 252 g/mol. The molecule has 0 saturated heterocycles. The summed E-state index contributed by atoms with van der Waals surface area (Å²) in [5.74, 6) is -2.08. The summed E-state index contributed by atoms with van der Waals surface area (Å²) >= 11 is 0. The van der Waals surface area contributed by atoms with Crippen LogP contribution in [0.2, 0.25) is 18.6 Å². The summed E-state index contributed by atoms with van der Waals surface area (Å²) in [5.41, 5.74) is -0.803. The zero-order valence-electron chi connectivity index (χ0n) is 9.88. The van der Waals surface area contributed by atoms with Crippen LogP contribution in [0.4, 0.5) is 0 Å². The van der Waals surface area contributed by atoms with Gasteiger partial charge in [-0.3, -0.25) is 9.59 Å². The van der Waals surface area contributed by atoms with Crippen LogP contribution >= 0.6 is 0 Å². The van der Waals surface area contributed by atoms with Gasteiger partial charge in [0.2, 0.25) is 0 Å². The van der Waals surface area contributed by atoms with Crippen molar-refractivity contribution in [3.63, 3.8) is 0 Å². The molecule has 17 heavy (non-hydrogen) atoms. The summed E-state index contributed by atoms with van der Waals surface area (Å²) in [6, 6.07) is 9.32. The second-order valence-electron chi connectivity index (χ2n) is 4.58. The Morgan fingerprint density at radius 1 is 1.18 bits per heavy atom. The zero-order chi connectivity index (χ0) is 13.1. The third-order valence-corrected chi connectivity index (χ3v) is 7.08. The smallest absolute Gasteiger partial charge is 0.304 e. The fourth-order valence-corrected chi connectivity index (χ4v) is 4.65. The Balaban J connectivity index is 3.08. The van der Waals surface area contributed by atoms with Crippen molar-refractivity contribution in [2.45, 2.75) is 25.1 Å². The molecule has 0 bridgehead atoms. The Morgan fingerprint density at radius 3 is 2.12 bits per heavy atom. The molecule has 4 nitrogen and oxygen atoms in total. The molecular formula is C12H16O4Si. The van der Waals surface area contributed by atoms with E-state index in [0.29, 0.717) is 0 Å². The minimum Gasteiger partial charge on any atom is -0.481 e. The van der Waals surface area contributed by atoms with Crippen LogP contribution in [0, 0.1) is 0 Å². The van der Waals surface area contributed by atoms with Gasteiger partial charge >= 0.3 is 11.9 Å². The van der Waals surface area contributed by atoms with Crippen molar-refractivity contribution in [2.24, 2.45) is 0 Å². The third kappa shape index (κ3) is 3.17. The number of hydrogen-bond acceptors (Lipinski definition) is 2. The van der Waals surface area contributed by atoms with Gasteiger partial charge < -0.3 is 10.2 Å². The fraction of sp³-hybridized carbons (Fsp3) is 0.333. The SMILES string of the molecule is C[Si](C)(c1ccccc1)C(CC(=O)O)C(=O)O. The first-order chi connectivity index (χ1) is 7.85. The van der Waals surface area contributed by atoms with Gasteiger partial charge in [0.25, 0.3) is 0 Å². The van der Waals surface area contributed by atoms with Crippen molar-refractivity contribution in [3.8, 4) is 0 Å². The molecule has 0 aromatic heterocycles. The van der Waals surface area contributed by atoms with E-state index in [-0.39, 0.29) is 6.42 Å². The van der Waals surface area contributed by atoms with Gasteiger partial charge in [-0.1, -0.05) is 48.6 Å². The van der Waals surface area contributed by atoms with E-state index in [1.807, 2.05) is 43.4 Å². The van der Waals surface area contributed by atoms with Gasteiger partial charge in [0.1, 0.15) is 0 Å². The largest absolute Gasteiger partial charge is 0.481 e. The third-order valence-electron chi connectivity index (χ3n) is 3.07. The fourth-order valence-electron chi connectivity index (χ4n) is 1.89. The predicted octanol–water partition coefficient (Wildman–Crippen LogP) is 1.53. The van der Waals surface area contributed by atoms with E-state index in [1.54, 1.807) is 0 Å². The van der Waals surface area contributed by atoms with Crippen molar-refractivity contribution >= 4 is 25.2 Å². The van der Waals surface area contributed by atoms with E-state index in [2.05, 4.69) is 0 Å². The lowest BCUT2D eigenvalue weighted by Crippen LogP contribution is -2.49. The minimum absolute atomic E-state index is 0.316.